The standard InChI is InChI=1S/C25H29BrClN5O2S/c1-6-32-23(22(14(2)3)29-24(34)17-9-7-8-10-19(17)27)30-31-25(32)35-13-21(33)28-20-12-11-18(26)15(4)16(20)5/h7-12,14,22H,6,13H2,1-5H3,(H,28,33)(H,29,34)/t22-/m1/s1. The molecule has 0 aliphatic rings. The number of nitrogens with one attached hydrogen (secondary N) is 2. The number of halogens is 2. The maximum Gasteiger partial charge on any atom is 0.253 e. The molecule has 1 heterocycles. The summed E-state index contributed by atoms with van der Waals surface area (Å²) in [5, 5.41) is 15.7. The highest BCUT2D eigenvalue weighted by atomic mass is 79.9. The van der Waals surface area contributed by atoms with E-state index < -0.39 is 0 Å². The number of benzene rings is 2. The Balaban J connectivity index is 1.73. The van der Waals surface area contributed by atoms with Crippen molar-refractivity contribution < 1.29 is 9.59 Å². The van der Waals surface area contributed by atoms with E-state index in [0.717, 1.165) is 21.3 Å². The third-order valence-corrected chi connectivity index (χ3v) is 7.89. The van der Waals surface area contributed by atoms with Gasteiger partial charge in [0.15, 0.2) is 11.0 Å². The Morgan fingerprint density at radius 3 is 2.49 bits per heavy atom. The average Bonchev–Trinajstić information content (AvgIpc) is 3.24. The smallest absolute Gasteiger partial charge is 0.253 e. The van der Waals surface area contributed by atoms with E-state index in [-0.39, 0.29) is 29.5 Å². The number of carbonyl (C=O) groups excluding carboxylic acids is 2. The summed E-state index contributed by atoms with van der Waals surface area (Å²) >= 11 is 11.0. The molecular formula is C25H29BrClN5O2S. The first-order valence-corrected chi connectivity index (χ1v) is 13.5. The Morgan fingerprint density at radius 2 is 1.83 bits per heavy atom. The van der Waals surface area contributed by atoms with Gasteiger partial charge in [0, 0.05) is 16.7 Å². The van der Waals surface area contributed by atoms with Crippen molar-refractivity contribution in [2.75, 3.05) is 11.1 Å². The van der Waals surface area contributed by atoms with Gasteiger partial charge in [-0.15, -0.1) is 10.2 Å². The lowest BCUT2D eigenvalue weighted by Gasteiger charge is -2.22. The van der Waals surface area contributed by atoms with Crippen molar-refractivity contribution in [3.8, 4) is 0 Å². The van der Waals surface area contributed by atoms with Gasteiger partial charge in [0.05, 0.1) is 22.4 Å². The Hall–Kier alpha value is -2.36. The number of hydrogen-bond acceptors (Lipinski definition) is 5. The van der Waals surface area contributed by atoms with E-state index in [4.69, 9.17) is 11.6 Å². The minimum absolute atomic E-state index is 0.0562. The molecule has 0 unspecified atom stereocenters. The second kappa shape index (κ2) is 12.1. The number of carbonyl (C=O) groups is 2. The van der Waals surface area contributed by atoms with Crippen LogP contribution in [0, 0.1) is 19.8 Å². The molecule has 35 heavy (non-hydrogen) atoms. The van der Waals surface area contributed by atoms with Gasteiger partial charge in [0.1, 0.15) is 0 Å². The minimum Gasteiger partial charge on any atom is -0.342 e. The lowest BCUT2D eigenvalue weighted by Crippen LogP contribution is -2.34. The first-order valence-electron chi connectivity index (χ1n) is 11.3. The van der Waals surface area contributed by atoms with Crippen molar-refractivity contribution in [2.24, 2.45) is 5.92 Å². The maximum absolute atomic E-state index is 12.9. The lowest BCUT2D eigenvalue weighted by molar-refractivity contribution is -0.113. The molecule has 186 valence electrons. The van der Waals surface area contributed by atoms with Crippen LogP contribution in [0.4, 0.5) is 5.69 Å². The number of aromatic nitrogens is 3. The van der Waals surface area contributed by atoms with E-state index in [1.54, 1.807) is 24.3 Å². The molecule has 0 aliphatic heterocycles. The summed E-state index contributed by atoms with van der Waals surface area (Å²) in [6.07, 6.45) is 0. The fourth-order valence-electron chi connectivity index (χ4n) is 3.57. The highest BCUT2D eigenvalue weighted by Crippen LogP contribution is 2.28. The third-order valence-electron chi connectivity index (χ3n) is 5.74. The quantitative estimate of drug-likeness (QED) is 0.296. The van der Waals surface area contributed by atoms with E-state index in [9.17, 15) is 9.59 Å². The molecule has 3 aromatic rings. The van der Waals surface area contributed by atoms with Gasteiger partial charge in [-0.1, -0.05) is 65.3 Å². The van der Waals surface area contributed by atoms with Crippen molar-refractivity contribution in [3.63, 3.8) is 0 Å². The van der Waals surface area contributed by atoms with Gasteiger partial charge >= 0.3 is 0 Å². The summed E-state index contributed by atoms with van der Waals surface area (Å²) in [6, 6.07) is 10.4. The van der Waals surface area contributed by atoms with E-state index in [1.807, 2.05) is 51.3 Å². The Kier molecular flexibility index (Phi) is 9.38. The van der Waals surface area contributed by atoms with Crippen LogP contribution in [0.2, 0.25) is 5.02 Å². The molecule has 2 amide bonds. The van der Waals surface area contributed by atoms with E-state index in [2.05, 4.69) is 36.8 Å². The zero-order valence-corrected chi connectivity index (χ0v) is 23.5. The fourth-order valence-corrected chi connectivity index (χ4v) is 5.03. The summed E-state index contributed by atoms with van der Waals surface area (Å²) in [4.78, 5) is 25.6. The first kappa shape index (κ1) is 27.2. The Labute approximate surface area is 223 Å². The Bertz CT molecular complexity index is 1230. The van der Waals surface area contributed by atoms with Gasteiger partial charge in [0.2, 0.25) is 5.91 Å². The molecule has 0 fully saturated rings. The fraction of sp³-hybridized carbons (Fsp3) is 0.360. The van der Waals surface area contributed by atoms with Gasteiger partial charge in [0.25, 0.3) is 5.91 Å². The molecule has 0 spiro atoms. The predicted octanol–water partition coefficient (Wildman–Crippen LogP) is 6.19. The second-order valence-corrected chi connectivity index (χ2v) is 10.6. The highest BCUT2D eigenvalue weighted by Gasteiger charge is 2.27. The van der Waals surface area contributed by atoms with Crippen molar-refractivity contribution >= 4 is 56.8 Å². The number of rotatable bonds is 9. The molecule has 2 N–H and O–H groups in total. The molecule has 1 atom stereocenters. The maximum atomic E-state index is 12.9. The van der Waals surface area contributed by atoms with Crippen LogP contribution < -0.4 is 10.6 Å². The summed E-state index contributed by atoms with van der Waals surface area (Å²) in [7, 11) is 0. The van der Waals surface area contributed by atoms with Crippen LogP contribution in [0.15, 0.2) is 46.0 Å². The van der Waals surface area contributed by atoms with Crippen LogP contribution in [0.25, 0.3) is 0 Å². The zero-order valence-electron chi connectivity index (χ0n) is 20.4. The van der Waals surface area contributed by atoms with E-state index in [1.165, 1.54) is 11.8 Å². The molecular weight excluding hydrogens is 550 g/mol. The minimum atomic E-state index is -0.372. The molecule has 0 saturated carbocycles. The van der Waals surface area contributed by atoms with Crippen LogP contribution >= 0.6 is 39.3 Å². The molecule has 7 nitrogen and oxygen atoms in total. The van der Waals surface area contributed by atoms with E-state index in [0.29, 0.717) is 28.1 Å². The Morgan fingerprint density at radius 1 is 1.11 bits per heavy atom. The average molecular weight is 579 g/mol. The van der Waals surface area contributed by atoms with Crippen molar-refractivity contribution in [2.45, 2.75) is 52.4 Å². The number of nitrogens with zero attached hydrogens (tertiary/aromatic N) is 3. The highest BCUT2D eigenvalue weighted by molar-refractivity contribution is 9.10. The lowest BCUT2D eigenvalue weighted by atomic mass is 10.0. The molecule has 1 aromatic heterocycles. The molecule has 0 radical (unpaired) electrons. The molecule has 0 saturated heterocycles. The predicted molar refractivity (Wildman–Crippen MR) is 145 cm³/mol. The van der Waals surface area contributed by atoms with Gasteiger partial charge in [-0.25, -0.2) is 0 Å². The molecule has 3 rings (SSSR count). The monoisotopic (exact) mass is 577 g/mol. The number of hydrogen-bond donors (Lipinski definition) is 2. The first-order chi connectivity index (χ1) is 16.6. The topological polar surface area (TPSA) is 88.9 Å². The van der Waals surface area contributed by atoms with Gasteiger partial charge in [-0.3, -0.25) is 9.59 Å². The summed E-state index contributed by atoms with van der Waals surface area (Å²) in [5.74, 6) is 0.490. The largest absolute Gasteiger partial charge is 0.342 e. The molecule has 0 aliphatic carbocycles. The summed E-state index contributed by atoms with van der Waals surface area (Å²) in [5.41, 5.74) is 3.30. The molecule has 10 heteroatoms. The van der Waals surface area contributed by atoms with Crippen LogP contribution in [0.5, 0.6) is 0 Å². The van der Waals surface area contributed by atoms with Crippen molar-refractivity contribution in [3.05, 3.63) is 68.4 Å². The summed E-state index contributed by atoms with van der Waals surface area (Å²) in [6.45, 7) is 10.6. The second-order valence-electron chi connectivity index (χ2n) is 8.44. The van der Waals surface area contributed by atoms with Crippen LogP contribution in [0.1, 0.15) is 54.1 Å². The normalized spacial score (nSPS) is 12.0. The van der Waals surface area contributed by atoms with Gasteiger partial charge in [-0.2, -0.15) is 0 Å². The zero-order chi connectivity index (χ0) is 25.7. The van der Waals surface area contributed by atoms with Gasteiger partial charge in [-0.05, 0) is 62.1 Å². The molecule has 0 bridgehead atoms. The molecule has 2 aromatic carbocycles. The van der Waals surface area contributed by atoms with Crippen molar-refractivity contribution in [1.29, 1.82) is 0 Å². The number of anilines is 1. The third kappa shape index (κ3) is 6.45. The summed E-state index contributed by atoms with van der Waals surface area (Å²) < 4.78 is 2.94. The van der Waals surface area contributed by atoms with Crippen LogP contribution in [-0.4, -0.2) is 32.3 Å². The number of thioether (sulfide) groups is 1. The van der Waals surface area contributed by atoms with Gasteiger partial charge < -0.3 is 15.2 Å². The van der Waals surface area contributed by atoms with Crippen LogP contribution in [0.3, 0.4) is 0 Å². The van der Waals surface area contributed by atoms with Crippen LogP contribution in [-0.2, 0) is 11.3 Å². The van der Waals surface area contributed by atoms with E-state index >= 15 is 0 Å². The van der Waals surface area contributed by atoms with Crippen molar-refractivity contribution in [1.82, 2.24) is 20.1 Å². The SMILES string of the molecule is CCn1c(SCC(=O)Nc2ccc(Br)c(C)c2C)nnc1[C@H](NC(=O)c1ccccc1Cl)C(C)C. The number of amides is 2.